The van der Waals surface area contributed by atoms with Gasteiger partial charge in [0, 0.05) is 31.8 Å². The van der Waals surface area contributed by atoms with E-state index in [-0.39, 0.29) is 0 Å². The van der Waals surface area contributed by atoms with Crippen LogP contribution in [0.15, 0.2) is 160 Å². The number of benzene rings is 7. The van der Waals surface area contributed by atoms with Crippen molar-refractivity contribution >= 4 is 92.4 Å². The van der Waals surface area contributed by atoms with E-state index in [0.717, 1.165) is 72.1 Å². The van der Waals surface area contributed by atoms with Crippen molar-refractivity contribution in [2.45, 2.75) is 0 Å². The quantitative estimate of drug-likeness (QED) is 0.199. The van der Waals surface area contributed by atoms with Gasteiger partial charge in [-0.05, 0) is 48.0 Å². The summed E-state index contributed by atoms with van der Waals surface area (Å²) in [5, 5.41) is 6.86. The van der Waals surface area contributed by atoms with Crippen LogP contribution in [-0.2, 0) is 0 Å². The van der Waals surface area contributed by atoms with Crippen molar-refractivity contribution in [2.75, 3.05) is 4.90 Å². The zero-order valence-electron chi connectivity index (χ0n) is 24.6. The van der Waals surface area contributed by atoms with Gasteiger partial charge in [-0.2, -0.15) is 0 Å². The lowest BCUT2D eigenvalue weighted by Gasteiger charge is -2.29. The summed E-state index contributed by atoms with van der Waals surface area (Å²) in [6.07, 6.45) is 0. The van der Waals surface area contributed by atoms with Gasteiger partial charge >= 0.3 is 0 Å². The van der Waals surface area contributed by atoms with Crippen LogP contribution in [0, 0.1) is 0 Å². The van der Waals surface area contributed by atoms with Gasteiger partial charge in [0.05, 0.1) is 32.5 Å². The first-order valence-electron chi connectivity index (χ1n) is 15.4. The molecule has 0 aliphatic rings. The standard InChI is InChI=1S/C42H25NO2S/c1-2-12-26(13-3-1)27-24-25-29-28-14-6-9-23-38(28)46-42(29)41(27)43(32-17-10-21-36-39(32)30-15-4-7-19-34(30)44-36)33-18-11-22-37-40(33)31-16-5-8-20-35(31)45-37/h1-25H. The maximum atomic E-state index is 6.47. The van der Waals surface area contributed by atoms with Crippen molar-refractivity contribution in [3.63, 3.8) is 0 Å². The predicted octanol–water partition coefficient (Wildman–Crippen LogP) is 13.0. The van der Waals surface area contributed by atoms with Crippen LogP contribution >= 0.6 is 11.3 Å². The Morgan fingerprint density at radius 2 is 0.957 bits per heavy atom. The van der Waals surface area contributed by atoms with E-state index in [1.54, 1.807) is 0 Å². The van der Waals surface area contributed by atoms with Gasteiger partial charge in [0.25, 0.3) is 0 Å². The molecule has 4 heteroatoms. The number of hydrogen-bond acceptors (Lipinski definition) is 4. The first-order chi connectivity index (χ1) is 22.8. The summed E-state index contributed by atoms with van der Waals surface area (Å²) in [6.45, 7) is 0. The SMILES string of the molecule is c1ccc(-c2ccc3c(sc4ccccc43)c2N(c2cccc3oc4ccccc4c23)c2cccc3oc4ccccc4c23)cc1. The molecule has 7 aromatic carbocycles. The van der Waals surface area contributed by atoms with Crippen LogP contribution in [-0.4, -0.2) is 0 Å². The fourth-order valence-corrected chi connectivity index (χ4v) is 8.34. The second-order valence-electron chi connectivity index (χ2n) is 11.6. The molecule has 3 aromatic heterocycles. The van der Waals surface area contributed by atoms with Crippen molar-refractivity contribution < 1.29 is 8.83 Å². The molecule has 10 aromatic rings. The summed E-state index contributed by atoms with van der Waals surface area (Å²) in [6, 6.07) is 53.5. The Morgan fingerprint density at radius 1 is 0.413 bits per heavy atom. The first kappa shape index (κ1) is 25.5. The van der Waals surface area contributed by atoms with E-state index in [0.29, 0.717) is 0 Å². The molecule has 0 aliphatic heterocycles. The van der Waals surface area contributed by atoms with E-state index in [1.165, 1.54) is 20.2 Å². The molecule has 0 spiro atoms. The Kier molecular flexibility index (Phi) is 5.45. The summed E-state index contributed by atoms with van der Waals surface area (Å²) in [4.78, 5) is 2.47. The van der Waals surface area contributed by atoms with Gasteiger partial charge in [0.15, 0.2) is 0 Å². The summed E-state index contributed by atoms with van der Waals surface area (Å²) in [5.74, 6) is 0. The van der Waals surface area contributed by atoms with E-state index in [4.69, 9.17) is 8.83 Å². The predicted molar refractivity (Wildman–Crippen MR) is 194 cm³/mol. The third kappa shape index (κ3) is 3.65. The molecule has 0 unspecified atom stereocenters. The maximum absolute atomic E-state index is 6.47. The van der Waals surface area contributed by atoms with Crippen LogP contribution in [0.5, 0.6) is 0 Å². The van der Waals surface area contributed by atoms with Crippen LogP contribution in [0.25, 0.3) is 75.2 Å². The fourth-order valence-electron chi connectivity index (χ4n) is 7.10. The Hall–Kier alpha value is -5.84. The van der Waals surface area contributed by atoms with Crippen LogP contribution in [0.4, 0.5) is 17.1 Å². The highest BCUT2D eigenvalue weighted by Gasteiger charge is 2.27. The molecule has 216 valence electrons. The smallest absolute Gasteiger partial charge is 0.137 e. The minimum Gasteiger partial charge on any atom is -0.456 e. The summed E-state index contributed by atoms with van der Waals surface area (Å²) in [5.41, 5.74) is 9.05. The Labute approximate surface area is 268 Å². The van der Waals surface area contributed by atoms with E-state index in [2.05, 4.69) is 144 Å². The van der Waals surface area contributed by atoms with Crippen LogP contribution < -0.4 is 4.90 Å². The first-order valence-corrected chi connectivity index (χ1v) is 16.3. The second-order valence-corrected chi connectivity index (χ2v) is 12.7. The van der Waals surface area contributed by atoms with E-state index in [1.807, 2.05) is 23.5 Å². The number of anilines is 3. The summed E-state index contributed by atoms with van der Waals surface area (Å²) < 4.78 is 15.4. The van der Waals surface area contributed by atoms with E-state index >= 15 is 0 Å². The zero-order chi connectivity index (χ0) is 30.2. The molecule has 46 heavy (non-hydrogen) atoms. The van der Waals surface area contributed by atoms with Gasteiger partial charge in [-0.3, -0.25) is 0 Å². The number of nitrogens with zero attached hydrogens (tertiary/aromatic N) is 1. The lowest BCUT2D eigenvalue weighted by molar-refractivity contribution is 0.668. The van der Waals surface area contributed by atoms with Gasteiger partial charge in [-0.15, -0.1) is 11.3 Å². The van der Waals surface area contributed by atoms with Crippen molar-refractivity contribution in [1.82, 2.24) is 0 Å². The van der Waals surface area contributed by atoms with Gasteiger partial charge in [-0.1, -0.05) is 109 Å². The van der Waals surface area contributed by atoms with Gasteiger partial charge in [-0.25, -0.2) is 0 Å². The average Bonchev–Trinajstić information content (AvgIpc) is 3.80. The van der Waals surface area contributed by atoms with Crippen molar-refractivity contribution in [3.8, 4) is 11.1 Å². The molecule has 0 saturated carbocycles. The second kappa shape index (κ2) is 9.83. The van der Waals surface area contributed by atoms with Crippen molar-refractivity contribution in [3.05, 3.63) is 152 Å². The number of fused-ring (bicyclic) bond motifs is 9. The molecule has 3 heterocycles. The number of furan rings is 2. The number of hydrogen-bond donors (Lipinski definition) is 0. The molecule has 3 nitrogen and oxygen atoms in total. The zero-order valence-corrected chi connectivity index (χ0v) is 25.4. The molecular weight excluding hydrogens is 583 g/mol. The number of rotatable bonds is 4. The molecule has 10 rings (SSSR count). The minimum absolute atomic E-state index is 0.859. The Balaban J connectivity index is 1.43. The summed E-state index contributed by atoms with van der Waals surface area (Å²) >= 11 is 1.85. The monoisotopic (exact) mass is 607 g/mol. The molecule has 0 amide bonds. The molecule has 0 fully saturated rings. The molecule has 0 aliphatic carbocycles. The van der Waals surface area contributed by atoms with Crippen LogP contribution in [0.1, 0.15) is 0 Å². The molecule has 0 radical (unpaired) electrons. The van der Waals surface area contributed by atoms with Crippen molar-refractivity contribution in [1.29, 1.82) is 0 Å². The largest absolute Gasteiger partial charge is 0.456 e. The summed E-state index contributed by atoms with van der Waals surface area (Å²) in [7, 11) is 0. The normalized spacial score (nSPS) is 11.9. The molecule has 0 saturated heterocycles. The highest BCUT2D eigenvalue weighted by Crippen LogP contribution is 2.53. The lowest BCUT2D eigenvalue weighted by atomic mass is 9.98. The number of para-hydroxylation sites is 2. The average molecular weight is 608 g/mol. The highest BCUT2D eigenvalue weighted by molar-refractivity contribution is 7.26. The van der Waals surface area contributed by atoms with Crippen molar-refractivity contribution in [2.24, 2.45) is 0 Å². The van der Waals surface area contributed by atoms with Crippen LogP contribution in [0.2, 0.25) is 0 Å². The number of thiophene rings is 1. The molecule has 0 atom stereocenters. The Morgan fingerprint density at radius 3 is 1.61 bits per heavy atom. The molecular formula is C42H25NO2S. The Bertz CT molecular complexity index is 2650. The lowest BCUT2D eigenvalue weighted by Crippen LogP contribution is -2.12. The van der Waals surface area contributed by atoms with Gasteiger partial charge in [0.1, 0.15) is 22.3 Å². The molecule has 0 bridgehead atoms. The fraction of sp³-hybridized carbons (Fsp3) is 0. The third-order valence-electron chi connectivity index (χ3n) is 9.07. The maximum Gasteiger partial charge on any atom is 0.137 e. The molecule has 0 N–H and O–H groups in total. The highest BCUT2D eigenvalue weighted by atomic mass is 32.1. The van der Waals surface area contributed by atoms with Gasteiger partial charge < -0.3 is 13.7 Å². The third-order valence-corrected chi connectivity index (χ3v) is 10.3. The topological polar surface area (TPSA) is 29.5 Å². The van der Waals surface area contributed by atoms with E-state index < -0.39 is 0 Å². The minimum atomic E-state index is 0.859. The van der Waals surface area contributed by atoms with E-state index in [9.17, 15) is 0 Å². The van der Waals surface area contributed by atoms with Gasteiger partial charge in [0.2, 0.25) is 0 Å². The van der Waals surface area contributed by atoms with Crippen LogP contribution in [0.3, 0.4) is 0 Å².